The van der Waals surface area contributed by atoms with E-state index in [-0.39, 0.29) is 17.8 Å². The van der Waals surface area contributed by atoms with Crippen molar-refractivity contribution in [3.05, 3.63) is 16.0 Å². The number of anilines is 1. The van der Waals surface area contributed by atoms with Crippen LogP contribution in [0.4, 0.5) is 5.00 Å². The Bertz CT molecular complexity index is 592. The molecule has 1 atom stereocenters. The Morgan fingerprint density at radius 2 is 2.14 bits per heavy atom. The monoisotopic (exact) mass is 322 g/mol. The molecule has 5 nitrogen and oxygen atoms in total. The summed E-state index contributed by atoms with van der Waals surface area (Å²) in [4.78, 5) is 25.5. The van der Waals surface area contributed by atoms with E-state index in [2.05, 4.69) is 5.32 Å². The minimum absolute atomic E-state index is 0.0913. The van der Waals surface area contributed by atoms with Crippen LogP contribution in [0.1, 0.15) is 47.0 Å². The second-order valence-electron chi connectivity index (χ2n) is 6.09. The third-order valence-corrected chi connectivity index (χ3v) is 5.50. The van der Waals surface area contributed by atoms with Gasteiger partial charge in [-0.25, -0.2) is 0 Å². The fourth-order valence-electron chi connectivity index (χ4n) is 2.96. The molecule has 1 aromatic rings. The average molecular weight is 322 g/mol. The molecule has 3 rings (SSSR count). The molecule has 0 spiro atoms. The van der Waals surface area contributed by atoms with E-state index < -0.39 is 0 Å². The van der Waals surface area contributed by atoms with Crippen LogP contribution in [0.5, 0.6) is 0 Å². The van der Waals surface area contributed by atoms with Gasteiger partial charge in [0.15, 0.2) is 0 Å². The number of nitrogen functional groups attached to an aromatic ring is 1. The van der Waals surface area contributed by atoms with Crippen LogP contribution in [0.2, 0.25) is 0 Å². The van der Waals surface area contributed by atoms with Crippen LogP contribution in [0.25, 0.3) is 0 Å². The standard InChI is InChI=1S/C16H22N2O3S/c1-2-21-16(20)10-5-6-12-11(7-10)13(14(17)22-12)15(19)18-8-9-3-4-9/h9-10H,2-8,17H2,1H3,(H,18,19). The van der Waals surface area contributed by atoms with Gasteiger partial charge in [-0.2, -0.15) is 0 Å². The number of esters is 1. The van der Waals surface area contributed by atoms with Gasteiger partial charge in [0, 0.05) is 11.4 Å². The lowest BCUT2D eigenvalue weighted by Crippen LogP contribution is -2.29. The lowest BCUT2D eigenvalue weighted by molar-refractivity contribution is -0.148. The van der Waals surface area contributed by atoms with Gasteiger partial charge in [-0.05, 0) is 50.5 Å². The molecular weight excluding hydrogens is 300 g/mol. The highest BCUT2D eigenvalue weighted by Gasteiger charge is 2.32. The van der Waals surface area contributed by atoms with Crippen molar-refractivity contribution in [1.82, 2.24) is 5.32 Å². The van der Waals surface area contributed by atoms with Gasteiger partial charge < -0.3 is 15.8 Å². The number of carbonyl (C=O) groups excluding carboxylic acids is 2. The molecule has 1 saturated carbocycles. The Hall–Kier alpha value is -1.56. The summed E-state index contributed by atoms with van der Waals surface area (Å²) in [7, 11) is 0. The third-order valence-electron chi connectivity index (χ3n) is 4.38. The Kier molecular flexibility index (Phi) is 4.38. The summed E-state index contributed by atoms with van der Waals surface area (Å²) in [5.74, 6) is 0.219. The van der Waals surface area contributed by atoms with Gasteiger partial charge in [-0.15, -0.1) is 11.3 Å². The van der Waals surface area contributed by atoms with Crippen LogP contribution in [-0.2, 0) is 22.4 Å². The minimum atomic E-state index is -0.165. The summed E-state index contributed by atoms with van der Waals surface area (Å²) in [5, 5.41) is 3.55. The predicted octanol–water partition coefficient (Wildman–Crippen LogP) is 2.14. The molecule has 0 bridgehead atoms. The van der Waals surface area contributed by atoms with Crippen LogP contribution in [0.3, 0.4) is 0 Å². The molecular formula is C16H22N2O3S. The van der Waals surface area contributed by atoms with E-state index >= 15 is 0 Å². The number of fused-ring (bicyclic) bond motifs is 1. The summed E-state index contributed by atoms with van der Waals surface area (Å²) in [6, 6.07) is 0. The summed E-state index contributed by atoms with van der Waals surface area (Å²) < 4.78 is 5.12. The second-order valence-corrected chi connectivity index (χ2v) is 7.22. The number of nitrogens with two attached hydrogens (primary N) is 1. The minimum Gasteiger partial charge on any atom is -0.466 e. The number of carbonyl (C=O) groups is 2. The van der Waals surface area contributed by atoms with E-state index in [1.807, 2.05) is 6.92 Å². The number of aryl methyl sites for hydroxylation is 1. The zero-order chi connectivity index (χ0) is 15.7. The van der Waals surface area contributed by atoms with Crippen molar-refractivity contribution < 1.29 is 14.3 Å². The highest BCUT2D eigenvalue weighted by molar-refractivity contribution is 7.16. The van der Waals surface area contributed by atoms with Crippen LogP contribution in [0.15, 0.2) is 0 Å². The molecule has 1 aromatic heterocycles. The van der Waals surface area contributed by atoms with Gasteiger partial charge in [0.25, 0.3) is 5.91 Å². The first-order chi connectivity index (χ1) is 10.6. The Labute approximate surface area is 134 Å². The Balaban J connectivity index is 1.76. The first-order valence-electron chi connectivity index (χ1n) is 7.95. The van der Waals surface area contributed by atoms with Crippen molar-refractivity contribution in [3.63, 3.8) is 0 Å². The Morgan fingerprint density at radius 1 is 1.36 bits per heavy atom. The molecule has 1 fully saturated rings. The quantitative estimate of drug-likeness (QED) is 0.814. The van der Waals surface area contributed by atoms with Gasteiger partial charge >= 0.3 is 5.97 Å². The van der Waals surface area contributed by atoms with Gasteiger partial charge in [-0.3, -0.25) is 9.59 Å². The van der Waals surface area contributed by atoms with Crippen LogP contribution < -0.4 is 11.1 Å². The molecule has 0 aromatic carbocycles. The van der Waals surface area contributed by atoms with Crippen molar-refractivity contribution in [2.75, 3.05) is 18.9 Å². The summed E-state index contributed by atoms with van der Waals surface area (Å²) >= 11 is 1.49. The summed E-state index contributed by atoms with van der Waals surface area (Å²) in [6.45, 7) is 2.93. The number of ether oxygens (including phenoxy) is 1. The van der Waals surface area contributed by atoms with E-state index in [4.69, 9.17) is 10.5 Å². The molecule has 0 saturated heterocycles. The molecule has 2 aliphatic rings. The van der Waals surface area contributed by atoms with E-state index in [1.54, 1.807) is 0 Å². The maximum Gasteiger partial charge on any atom is 0.309 e. The number of thiophene rings is 1. The molecule has 1 amide bonds. The van der Waals surface area contributed by atoms with Gasteiger partial charge in [0.05, 0.1) is 23.1 Å². The van der Waals surface area contributed by atoms with Gasteiger partial charge in [-0.1, -0.05) is 0 Å². The molecule has 0 aliphatic heterocycles. The smallest absolute Gasteiger partial charge is 0.309 e. The molecule has 120 valence electrons. The second kappa shape index (κ2) is 6.28. The summed E-state index contributed by atoms with van der Waals surface area (Å²) in [6.07, 6.45) is 4.53. The van der Waals surface area contributed by atoms with Gasteiger partial charge in [0.1, 0.15) is 0 Å². The molecule has 1 heterocycles. The van der Waals surface area contributed by atoms with E-state index in [0.29, 0.717) is 29.5 Å². The topological polar surface area (TPSA) is 81.4 Å². The summed E-state index contributed by atoms with van der Waals surface area (Å²) in [5.41, 5.74) is 7.62. The number of hydrogen-bond acceptors (Lipinski definition) is 5. The average Bonchev–Trinajstić information content (AvgIpc) is 3.26. The predicted molar refractivity (Wildman–Crippen MR) is 85.9 cm³/mol. The fraction of sp³-hybridized carbons (Fsp3) is 0.625. The lowest BCUT2D eigenvalue weighted by atomic mass is 9.86. The number of amides is 1. The zero-order valence-electron chi connectivity index (χ0n) is 12.8. The Morgan fingerprint density at radius 3 is 2.82 bits per heavy atom. The molecule has 2 aliphatic carbocycles. The fourth-order valence-corrected chi connectivity index (χ4v) is 4.07. The third kappa shape index (κ3) is 3.11. The van der Waals surface area contributed by atoms with Gasteiger partial charge in [0.2, 0.25) is 0 Å². The van der Waals surface area contributed by atoms with Crippen molar-refractivity contribution in [2.24, 2.45) is 11.8 Å². The van der Waals surface area contributed by atoms with Crippen LogP contribution in [-0.4, -0.2) is 25.0 Å². The van der Waals surface area contributed by atoms with E-state index in [1.165, 1.54) is 24.2 Å². The molecule has 22 heavy (non-hydrogen) atoms. The van der Waals surface area contributed by atoms with Crippen molar-refractivity contribution in [3.8, 4) is 0 Å². The lowest BCUT2D eigenvalue weighted by Gasteiger charge is -2.21. The van der Waals surface area contributed by atoms with Crippen LogP contribution >= 0.6 is 11.3 Å². The molecule has 1 unspecified atom stereocenters. The zero-order valence-corrected chi connectivity index (χ0v) is 13.6. The highest BCUT2D eigenvalue weighted by Crippen LogP contribution is 2.38. The van der Waals surface area contributed by atoms with Crippen LogP contribution in [0, 0.1) is 11.8 Å². The number of nitrogens with one attached hydrogen (secondary N) is 1. The SMILES string of the molecule is CCOC(=O)C1CCc2sc(N)c(C(=O)NCC3CC3)c2C1. The largest absolute Gasteiger partial charge is 0.466 e. The van der Waals surface area contributed by atoms with E-state index in [9.17, 15) is 9.59 Å². The number of rotatable bonds is 5. The van der Waals surface area contributed by atoms with Crippen molar-refractivity contribution in [1.29, 1.82) is 0 Å². The van der Waals surface area contributed by atoms with Crippen molar-refractivity contribution >= 4 is 28.2 Å². The molecule has 6 heteroatoms. The first kappa shape index (κ1) is 15.3. The first-order valence-corrected chi connectivity index (χ1v) is 8.76. The molecule has 3 N–H and O–H groups in total. The normalized spacial score (nSPS) is 20.3. The van der Waals surface area contributed by atoms with E-state index in [0.717, 1.165) is 29.8 Å². The maximum absolute atomic E-state index is 12.4. The van der Waals surface area contributed by atoms with Crippen molar-refractivity contribution in [2.45, 2.75) is 39.0 Å². The maximum atomic E-state index is 12.4. The molecule has 0 radical (unpaired) electrons. The highest BCUT2D eigenvalue weighted by atomic mass is 32.1. The number of hydrogen-bond donors (Lipinski definition) is 2.